The molecule has 1 amide bonds. The molecule has 148 valence electrons. The number of quaternary nitrogens is 2. The second-order valence-corrected chi connectivity index (χ2v) is 7.67. The average molecular weight is 405 g/mol. The number of benzene rings is 2. The first kappa shape index (κ1) is 20.5. The zero-order valence-corrected chi connectivity index (χ0v) is 16.7. The molecule has 1 aliphatic rings. The Morgan fingerprint density at radius 2 is 1.82 bits per heavy atom. The Kier molecular flexibility index (Phi) is 7.14. The van der Waals surface area contributed by atoms with Crippen molar-refractivity contribution in [2.75, 3.05) is 32.7 Å². The quantitative estimate of drug-likeness (QED) is 0.468. The van der Waals surface area contributed by atoms with Crippen molar-refractivity contribution in [3.8, 4) is 0 Å². The van der Waals surface area contributed by atoms with Crippen LogP contribution in [0.15, 0.2) is 47.6 Å². The second-order valence-electron chi connectivity index (χ2n) is 7.27. The standard InChI is InChI=1S/C21H24ClFN4O/c1-16-5-7-17(8-6-16)14-26-9-11-27(12-10-26)15-21(28)25-24-13-18-19(22)3-2-4-20(18)23/h2-8,13H,9-12,14-15H2,1H3,(H,25,28)/p+2/b24-13-. The average Bonchev–Trinajstić information content (AvgIpc) is 2.67. The van der Waals surface area contributed by atoms with Gasteiger partial charge in [-0.15, -0.1) is 0 Å². The Balaban J connectivity index is 1.41. The topological polar surface area (TPSA) is 50.3 Å². The van der Waals surface area contributed by atoms with Gasteiger partial charge in [-0.3, -0.25) is 4.79 Å². The zero-order chi connectivity index (χ0) is 19.9. The molecular weight excluding hydrogens is 379 g/mol. The number of aryl methyl sites for hydroxylation is 1. The van der Waals surface area contributed by atoms with Crippen LogP contribution >= 0.6 is 11.6 Å². The van der Waals surface area contributed by atoms with E-state index in [1.165, 1.54) is 34.4 Å². The lowest BCUT2D eigenvalue weighted by Crippen LogP contribution is -3.28. The van der Waals surface area contributed by atoms with Crippen molar-refractivity contribution in [2.45, 2.75) is 13.5 Å². The predicted molar refractivity (Wildman–Crippen MR) is 108 cm³/mol. The summed E-state index contributed by atoms with van der Waals surface area (Å²) in [6.45, 7) is 7.43. The van der Waals surface area contributed by atoms with Crippen molar-refractivity contribution in [1.82, 2.24) is 5.43 Å². The molecule has 0 saturated carbocycles. The van der Waals surface area contributed by atoms with E-state index < -0.39 is 5.82 Å². The minimum absolute atomic E-state index is 0.171. The van der Waals surface area contributed by atoms with Crippen molar-refractivity contribution in [3.05, 3.63) is 70.0 Å². The van der Waals surface area contributed by atoms with Gasteiger partial charge in [0.05, 0.1) is 11.2 Å². The predicted octanol–water partition coefficient (Wildman–Crippen LogP) is 0.221. The minimum atomic E-state index is -0.469. The van der Waals surface area contributed by atoms with E-state index in [1.54, 1.807) is 11.0 Å². The van der Waals surface area contributed by atoms with Gasteiger partial charge in [-0.05, 0) is 19.1 Å². The molecule has 28 heavy (non-hydrogen) atoms. The largest absolute Gasteiger partial charge is 0.322 e. The highest BCUT2D eigenvalue weighted by atomic mass is 35.5. The van der Waals surface area contributed by atoms with Gasteiger partial charge in [0.15, 0.2) is 6.54 Å². The summed E-state index contributed by atoms with van der Waals surface area (Å²) < 4.78 is 13.7. The molecule has 7 heteroatoms. The lowest BCUT2D eigenvalue weighted by molar-refractivity contribution is -1.02. The molecule has 1 aliphatic heterocycles. The van der Waals surface area contributed by atoms with Crippen LogP contribution in [-0.2, 0) is 11.3 Å². The van der Waals surface area contributed by atoms with Crippen molar-refractivity contribution >= 4 is 23.7 Å². The smallest absolute Gasteiger partial charge is 0.295 e. The maximum absolute atomic E-state index is 13.7. The van der Waals surface area contributed by atoms with E-state index in [0.717, 1.165) is 32.7 Å². The number of hydrogen-bond acceptors (Lipinski definition) is 2. The summed E-state index contributed by atoms with van der Waals surface area (Å²) in [5.41, 5.74) is 5.26. The van der Waals surface area contributed by atoms with E-state index in [2.05, 4.69) is 41.7 Å². The molecule has 0 atom stereocenters. The third-order valence-electron chi connectivity index (χ3n) is 5.03. The van der Waals surface area contributed by atoms with Crippen molar-refractivity contribution < 1.29 is 19.0 Å². The van der Waals surface area contributed by atoms with Crippen molar-refractivity contribution in [3.63, 3.8) is 0 Å². The van der Waals surface area contributed by atoms with E-state index in [1.807, 2.05) is 0 Å². The summed E-state index contributed by atoms with van der Waals surface area (Å²) in [7, 11) is 0. The zero-order valence-electron chi connectivity index (χ0n) is 16.0. The van der Waals surface area contributed by atoms with Crippen LogP contribution in [0.25, 0.3) is 0 Å². The van der Waals surface area contributed by atoms with Gasteiger partial charge in [0.25, 0.3) is 5.91 Å². The highest BCUT2D eigenvalue weighted by molar-refractivity contribution is 6.33. The van der Waals surface area contributed by atoms with Gasteiger partial charge in [0.1, 0.15) is 38.5 Å². The van der Waals surface area contributed by atoms with Crippen LogP contribution in [0.2, 0.25) is 5.02 Å². The maximum Gasteiger partial charge on any atom is 0.295 e. The Morgan fingerprint density at radius 1 is 1.14 bits per heavy atom. The number of carbonyl (C=O) groups excluding carboxylic acids is 1. The molecule has 1 saturated heterocycles. The first-order chi connectivity index (χ1) is 13.5. The number of piperazine rings is 1. The fourth-order valence-electron chi connectivity index (χ4n) is 3.37. The summed E-state index contributed by atoms with van der Waals surface area (Å²) >= 11 is 5.93. The number of halogens is 2. The van der Waals surface area contributed by atoms with E-state index in [4.69, 9.17) is 11.6 Å². The number of nitrogens with zero attached hydrogens (tertiary/aromatic N) is 1. The number of rotatable bonds is 6. The molecule has 0 radical (unpaired) electrons. The van der Waals surface area contributed by atoms with E-state index in [9.17, 15) is 9.18 Å². The Morgan fingerprint density at radius 3 is 2.50 bits per heavy atom. The fourth-order valence-corrected chi connectivity index (χ4v) is 3.59. The van der Waals surface area contributed by atoms with Gasteiger partial charge in [0.2, 0.25) is 0 Å². The summed E-state index contributed by atoms with van der Waals surface area (Å²) in [5.74, 6) is -0.649. The highest BCUT2D eigenvalue weighted by Crippen LogP contribution is 2.16. The first-order valence-corrected chi connectivity index (χ1v) is 9.87. The van der Waals surface area contributed by atoms with Crippen LogP contribution in [0.3, 0.4) is 0 Å². The summed E-state index contributed by atoms with van der Waals surface area (Å²) in [4.78, 5) is 14.9. The second kappa shape index (κ2) is 9.78. The molecule has 3 N–H and O–H groups in total. The fraction of sp³-hybridized carbons (Fsp3) is 0.333. The number of nitrogens with one attached hydrogen (secondary N) is 3. The van der Waals surface area contributed by atoms with Crippen LogP contribution in [0.4, 0.5) is 4.39 Å². The molecule has 3 rings (SSSR count). The van der Waals surface area contributed by atoms with Gasteiger partial charge in [-0.2, -0.15) is 5.10 Å². The monoisotopic (exact) mass is 404 g/mol. The minimum Gasteiger partial charge on any atom is -0.322 e. The maximum atomic E-state index is 13.7. The van der Waals surface area contributed by atoms with Gasteiger partial charge in [0, 0.05) is 11.1 Å². The molecule has 2 aromatic carbocycles. The third-order valence-corrected chi connectivity index (χ3v) is 5.36. The van der Waals surface area contributed by atoms with E-state index in [-0.39, 0.29) is 16.5 Å². The Hall–Kier alpha value is -2.28. The van der Waals surface area contributed by atoms with Crippen molar-refractivity contribution in [2.24, 2.45) is 5.10 Å². The first-order valence-electron chi connectivity index (χ1n) is 9.50. The molecule has 0 unspecified atom stereocenters. The molecule has 5 nitrogen and oxygen atoms in total. The molecule has 0 aromatic heterocycles. The lowest BCUT2D eigenvalue weighted by atomic mass is 10.1. The normalized spacial score (nSPS) is 19.7. The van der Waals surface area contributed by atoms with Gasteiger partial charge < -0.3 is 9.80 Å². The van der Waals surface area contributed by atoms with Crippen LogP contribution in [0, 0.1) is 12.7 Å². The molecular formula is C21H26ClFN4O+2. The van der Waals surface area contributed by atoms with E-state index >= 15 is 0 Å². The van der Waals surface area contributed by atoms with Crippen LogP contribution in [0.5, 0.6) is 0 Å². The van der Waals surface area contributed by atoms with Gasteiger partial charge in [-0.1, -0.05) is 47.5 Å². The molecule has 0 spiro atoms. The van der Waals surface area contributed by atoms with Crippen LogP contribution in [0.1, 0.15) is 16.7 Å². The van der Waals surface area contributed by atoms with Gasteiger partial charge >= 0.3 is 0 Å². The lowest BCUT2D eigenvalue weighted by Gasteiger charge is -2.29. The number of hydrogen-bond donors (Lipinski definition) is 3. The molecule has 1 heterocycles. The highest BCUT2D eigenvalue weighted by Gasteiger charge is 2.24. The van der Waals surface area contributed by atoms with Crippen molar-refractivity contribution in [1.29, 1.82) is 0 Å². The summed E-state index contributed by atoms with van der Waals surface area (Å²) in [6, 6.07) is 13.1. The number of hydrazone groups is 1. The summed E-state index contributed by atoms with van der Waals surface area (Å²) in [6.07, 6.45) is 1.24. The molecule has 1 fully saturated rings. The Bertz CT molecular complexity index is 813. The van der Waals surface area contributed by atoms with E-state index in [0.29, 0.717) is 6.54 Å². The summed E-state index contributed by atoms with van der Waals surface area (Å²) in [5, 5.41) is 4.10. The SMILES string of the molecule is Cc1ccc(C[NH+]2CC[NH+](CC(=O)N/N=C\c3c(F)cccc3Cl)CC2)cc1. The number of amides is 1. The molecule has 0 aliphatic carbocycles. The molecule has 0 bridgehead atoms. The van der Waals surface area contributed by atoms with Gasteiger partial charge in [-0.25, -0.2) is 9.82 Å². The molecule has 2 aromatic rings. The van der Waals surface area contributed by atoms with Crippen LogP contribution < -0.4 is 15.2 Å². The third kappa shape index (κ3) is 5.86. The Labute approximate surface area is 169 Å². The van der Waals surface area contributed by atoms with Crippen LogP contribution in [-0.4, -0.2) is 44.8 Å². The number of carbonyl (C=O) groups is 1.